The molecule has 3 rings (SSSR count). The van der Waals surface area contributed by atoms with E-state index in [-0.39, 0.29) is 17.8 Å². The van der Waals surface area contributed by atoms with Gasteiger partial charge in [-0.05, 0) is 31.0 Å². The lowest BCUT2D eigenvalue weighted by atomic mass is 9.90. The lowest BCUT2D eigenvalue weighted by molar-refractivity contribution is 0.545. The number of nitrogens with zero attached hydrogens (tertiary/aromatic N) is 1. The van der Waals surface area contributed by atoms with Gasteiger partial charge in [-0.1, -0.05) is 61.0 Å². The van der Waals surface area contributed by atoms with E-state index in [1.807, 2.05) is 31.2 Å². The molecule has 1 aliphatic heterocycles. The Labute approximate surface area is 142 Å². The molecule has 0 unspecified atom stereocenters. The van der Waals surface area contributed by atoms with Crippen LogP contribution < -0.4 is 4.90 Å². The fourth-order valence-corrected chi connectivity index (χ4v) is 3.57. The molecule has 2 atom stereocenters. The average Bonchev–Trinajstić information content (AvgIpc) is 2.56. The van der Waals surface area contributed by atoms with Crippen LogP contribution in [-0.4, -0.2) is 12.6 Å². The topological polar surface area (TPSA) is 3.24 Å². The molecule has 0 aromatic heterocycles. The van der Waals surface area contributed by atoms with Crippen molar-refractivity contribution in [1.82, 2.24) is 0 Å². The van der Waals surface area contributed by atoms with Crippen molar-refractivity contribution >= 4 is 23.4 Å². The molecule has 1 nitrogen and oxygen atoms in total. The molecule has 0 aliphatic carbocycles. The maximum absolute atomic E-state index is 14.4. The minimum absolute atomic E-state index is 0.134. The second-order valence-corrected chi connectivity index (χ2v) is 6.62. The van der Waals surface area contributed by atoms with Crippen molar-refractivity contribution in [2.45, 2.75) is 32.7 Å². The van der Waals surface area contributed by atoms with Crippen LogP contribution in [0.2, 0.25) is 5.02 Å². The summed E-state index contributed by atoms with van der Waals surface area (Å²) in [7, 11) is 0. The molecule has 2 aromatic carbocycles. The van der Waals surface area contributed by atoms with Crippen LogP contribution >= 0.6 is 11.6 Å². The molecule has 2 aromatic rings. The third-order valence-corrected chi connectivity index (χ3v) is 5.35. The highest BCUT2D eigenvalue weighted by molar-refractivity contribution is 6.32. The van der Waals surface area contributed by atoms with E-state index in [2.05, 4.69) is 30.9 Å². The van der Waals surface area contributed by atoms with Crippen molar-refractivity contribution in [2.24, 2.45) is 0 Å². The van der Waals surface area contributed by atoms with Gasteiger partial charge in [0.05, 0.1) is 5.69 Å². The van der Waals surface area contributed by atoms with Crippen LogP contribution in [0.3, 0.4) is 0 Å². The quantitative estimate of drug-likeness (QED) is 0.686. The van der Waals surface area contributed by atoms with Gasteiger partial charge in [0.1, 0.15) is 5.82 Å². The van der Waals surface area contributed by atoms with Crippen molar-refractivity contribution in [1.29, 1.82) is 0 Å². The van der Waals surface area contributed by atoms with E-state index in [1.165, 1.54) is 6.07 Å². The van der Waals surface area contributed by atoms with Crippen molar-refractivity contribution in [3.8, 4) is 0 Å². The van der Waals surface area contributed by atoms with Crippen molar-refractivity contribution in [3.63, 3.8) is 0 Å². The molecular formula is C20H21ClFN. The Morgan fingerprint density at radius 3 is 2.65 bits per heavy atom. The number of hydrogen-bond acceptors (Lipinski definition) is 1. The summed E-state index contributed by atoms with van der Waals surface area (Å²) >= 11 is 6.50. The third kappa shape index (κ3) is 2.88. The Kier molecular flexibility index (Phi) is 4.45. The highest BCUT2D eigenvalue weighted by Gasteiger charge is 2.27. The number of benzene rings is 2. The molecule has 0 spiro atoms. The molecule has 0 fully saturated rings. The van der Waals surface area contributed by atoms with Crippen LogP contribution in [0.25, 0.3) is 6.08 Å². The molecule has 23 heavy (non-hydrogen) atoms. The molecular weight excluding hydrogens is 309 g/mol. The highest BCUT2D eigenvalue weighted by atomic mass is 35.5. The molecule has 120 valence electrons. The zero-order valence-corrected chi connectivity index (χ0v) is 14.4. The van der Waals surface area contributed by atoms with Crippen LogP contribution in [0.15, 0.2) is 42.5 Å². The SMILES string of the molecule is Cc1cccc([C@@H](C)[C@H](C)N2CC=Cc3cccc(F)c32)c1Cl. The summed E-state index contributed by atoms with van der Waals surface area (Å²) in [5.74, 6) is 0.0302. The van der Waals surface area contributed by atoms with E-state index in [4.69, 9.17) is 11.6 Å². The lowest BCUT2D eigenvalue weighted by Gasteiger charge is -2.37. The van der Waals surface area contributed by atoms with Crippen molar-refractivity contribution in [2.75, 3.05) is 11.4 Å². The first-order valence-corrected chi connectivity index (χ1v) is 8.35. The standard InChI is InChI=1S/C20H21ClFN/c1-13-7-4-10-17(19(13)21)14(2)15(3)23-12-6-9-16-8-5-11-18(22)20(16)23/h4-11,14-15H,12H2,1-3H3/t14-,15-/m0/s1. The van der Waals surface area contributed by atoms with Gasteiger partial charge in [0, 0.05) is 29.1 Å². The summed E-state index contributed by atoms with van der Waals surface area (Å²) in [4.78, 5) is 2.13. The highest BCUT2D eigenvalue weighted by Crippen LogP contribution is 2.36. The number of aryl methyl sites for hydroxylation is 1. The number of fused-ring (bicyclic) bond motifs is 1. The Hall–Kier alpha value is -1.80. The predicted molar refractivity (Wildman–Crippen MR) is 96.8 cm³/mol. The normalized spacial score (nSPS) is 16.1. The van der Waals surface area contributed by atoms with Gasteiger partial charge in [0.2, 0.25) is 0 Å². The largest absolute Gasteiger partial charge is 0.362 e. The number of halogens is 2. The number of rotatable bonds is 3. The second-order valence-electron chi connectivity index (χ2n) is 6.24. The fourth-order valence-electron chi connectivity index (χ4n) is 3.28. The zero-order valence-electron chi connectivity index (χ0n) is 13.7. The van der Waals surface area contributed by atoms with E-state index in [0.29, 0.717) is 12.2 Å². The van der Waals surface area contributed by atoms with Crippen molar-refractivity contribution < 1.29 is 4.39 Å². The fraction of sp³-hybridized carbons (Fsp3) is 0.300. The van der Waals surface area contributed by atoms with E-state index >= 15 is 0 Å². The van der Waals surface area contributed by atoms with Crippen LogP contribution in [0, 0.1) is 12.7 Å². The van der Waals surface area contributed by atoms with E-state index in [9.17, 15) is 4.39 Å². The minimum Gasteiger partial charge on any atom is -0.362 e. The van der Waals surface area contributed by atoms with Crippen LogP contribution in [0.4, 0.5) is 10.1 Å². The average molecular weight is 330 g/mol. The monoisotopic (exact) mass is 329 g/mol. The summed E-state index contributed by atoms with van der Waals surface area (Å²) in [5.41, 5.74) is 3.82. The molecule has 1 aliphatic rings. The molecule has 0 saturated heterocycles. The van der Waals surface area contributed by atoms with Gasteiger partial charge in [-0.25, -0.2) is 4.39 Å². The molecule has 0 N–H and O–H groups in total. The Morgan fingerprint density at radius 2 is 1.87 bits per heavy atom. The van der Waals surface area contributed by atoms with Gasteiger partial charge < -0.3 is 4.90 Å². The summed E-state index contributed by atoms with van der Waals surface area (Å²) in [6.45, 7) is 7.02. The van der Waals surface area contributed by atoms with Gasteiger partial charge in [0.15, 0.2) is 0 Å². The summed E-state index contributed by atoms with van der Waals surface area (Å²) in [6.07, 6.45) is 4.08. The second kappa shape index (κ2) is 6.37. The van der Waals surface area contributed by atoms with Crippen LogP contribution in [-0.2, 0) is 0 Å². The lowest BCUT2D eigenvalue weighted by Crippen LogP contribution is -2.39. The third-order valence-electron chi connectivity index (χ3n) is 4.83. The van der Waals surface area contributed by atoms with Gasteiger partial charge in [-0.15, -0.1) is 0 Å². The van der Waals surface area contributed by atoms with Crippen LogP contribution in [0.1, 0.15) is 36.5 Å². The Morgan fingerprint density at radius 1 is 1.13 bits per heavy atom. The van der Waals surface area contributed by atoms with Gasteiger partial charge >= 0.3 is 0 Å². The van der Waals surface area contributed by atoms with Crippen molar-refractivity contribution in [3.05, 3.63) is 70.0 Å². The Balaban J connectivity index is 1.97. The molecule has 0 radical (unpaired) electrons. The van der Waals surface area contributed by atoms with Crippen LogP contribution in [0.5, 0.6) is 0 Å². The first-order chi connectivity index (χ1) is 11.0. The molecule has 1 heterocycles. The summed E-state index contributed by atoms with van der Waals surface area (Å²) in [5, 5.41) is 0.813. The van der Waals surface area contributed by atoms with E-state index < -0.39 is 0 Å². The van der Waals surface area contributed by atoms with E-state index in [0.717, 1.165) is 21.7 Å². The summed E-state index contributed by atoms with van der Waals surface area (Å²) < 4.78 is 14.4. The van der Waals surface area contributed by atoms with Gasteiger partial charge in [0.25, 0.3) is 0 Å². The number of para-hydroxylation sites is 1. The molecule has 0 bridgehead atoms. The number of hydrogen-bond donors (Lipinski definition) is 0. The zero-order chi connectivity index (χ0) is 16.6. The molecule has 0 amide bonds. The molecule has 3 heteroatoms. The first kappa shape index (κ1) is 16.1. The minimum atomic E-state index is -0.166. The van der Waals surface area contributed by atoms with Gasteiger partial charge in [-0.3, -0.25) is 0 Å². The summed E-state index contributed by atoms with van der Waals surface area (Å²) in [6, 6.07) is 11.5. The van der Waals surface area contributed by atoms with Gasteiger partial charge in [-0.2, -0.15) is 0 Å². The Bertz CT molecular complexity index is 753. The first-order valence-electron chi connectivity index (χ1n) is 7.97. The molecule has 0 saturated carbocycles. The maximum atomic E-state index is 14.4. The number of anilines is 1. The smallest absolute Gasteiger partial charge is 0.147 e. The maximum Gasteiger partial charge on any atom is 0.147 e. The van der Waals surface area contributed by atoms with E-state index in [1.54, 1.807) is 6.07 Å². The predicted octanol–water partition coefficient (Wildman–Crippen LogP) is 5.81.